The molecule has 0 aliphatic carbocycles. The Balaban J connectivity index is 1.36. The van der Waals surface area contributed by atoms with Crippen molar-refractivity contribution < 1.29 is 23.9 Å². The Morgan fingerprint density at radius 3 is 2.58 bits per heavy atom. The molecule has 186 valence electrons. The number of esters is 1. The van der Waals surface area contributed by atoms with E-state index in [1.807, 2.05) is 13.8 Å². The van der Waals surface area contributed by atoms with E-state index in [2.05, 4.69) is 25.9 Å². The highest BCUT2D eigenvalue weighted by Crippen LogP contribution is 2.56. The molecule has 3 heterocycles. The monoisotopic (exact) mass is 508 g/mol. The van der Waals surface area contributed by atoms with Crippen molar-refractivity contribution >= 4 is 29.5 Å². The lowest BCUT2D eigenvalue weighted by molar-refractivity contribution is -0.153. The summed E-state index contributed by atoms with van der Waals surface area (Å²) >= 11 is 1.54. The van der Waals surface area contributed by atoms with Crippen LogP contribution in [0.2, 0.25) is 0 Å². The molecular weight excluding hydrogens is 484 g/mol. The van der Waals surface area contributed by atoms with E-state index >= 15 is 0 Å². The second-order valence-corrected chi connectivity index (χ2v) is 10.7. The number of thioether (sulfide) groups is 1. The molecule has 2 aliphatic rings. The van der Waals surface area contributed by atoms with Gasteiger partial charge in [-0.05, 0) is 31.5 Å². The third kappa shape index (κ3) is 4.17. The van der Waals surface area contributed by atoms with Gasteiger partial charge < -0.3 is 19.7 Å². The van der Waals surface area contributed by atoms with Crippen molar-refractivity contribution in [3.8, 4) is 11.5 Å². The van der Waals surface area contributed by atoms with Gasteiger partial charge in [-0.1, -0.05) is 41.6 Å². The number of methoxy groups -OCH3 is 1. The molecule has 36 heavy (non-hydrogen) atoms. The summed E-state index contributed by atoms with van der Waals surface area (Å²) in [7, 11) is 1.51. The average Bonchev–Trinajstić information content (AvgIpc) is 3.47. The Kier molecular flexibility index (Phi) is 6.12. The van der Waals surface area contributed by atoms with E-state index in [0.29, 0.717) is 17.1 Å². The first-order chi connectivity index (χ1) is 17.3. The van der Waals surface area contributed by atoms with Crippen LogP contribution < -0.4 is 14.8 Å². The number of carbonyl (C=O) groups excluding carboxylic acids is 3. The third-order valence-corrected chi connectivity index (χ3v) is 7.81. The minimum Gasteiger partial charge on any atom is -0.497 e. The number of carbonyl (C=O) groups is 3. The number of aromatic amines is 1. The fraction of sp³-hybridized carbons (Fsp3) is 0.333. The molecule has 2 fully saturated rings. The molecule has 0 spiro atoms. The quantitative estimate of drug-likeness (QED) is 0.212. The summed E-state index contributed by atoms with van der Waals surface area (Å²) in [5.41, 5.74) is 0.454. The molecule has 12 heteroatoms. The van der Waals surface area contributed by atoms with Gasteiger partial charge in [0.25, 0.3) is 0 Å². The Hall–Kier alpha value is -3.93. The number of hydrogen-bond acceptors (Lipinski definition) is 9. The van der Waals surface area contributed by atoms with Crippen LogP contribution in [0.1, 0.15) is 37.2 Å². The van der Waals surface area contributed by atoms with E-state index in [9.17, 15) is 14.4 Å². The maximum absolute atomic E-state index is 13.5. The number of ether oxygens (including phenoxy) is 2. The number of benzene rings is 2. The van der Waals surface area contributed by atoms with Crippen molar-refractivity contribution in [3.05, 3.63) is 66.0 Å². The topological polar surface area (TPSA) is 139 Å². The number of amides is 2. The van der Waals surface area contributed by atoms with E-state index in [0.717, 1.165) is 0 Å². The number of hydrogen-bond donors (Lipinski definition) is 2. The summed E-state index contributed by atoms with van der Waals surface area (Å²) < 4.78 is 10.3. The largest absolute Gasteiger partial charge is 0.497 e. The standard InChI is InChI=1S/C24H24N6O5S/c1-24(2)18(19-26-28-29-27-19)30-21(32)17(22(30)36-24)25-20(31)16(13-8-5-4-6-9-13)23(33)35-15-11-7-10-14(12-15)34-3/h4-12,16-18,22H,1-3H3,(H,25,31)(H,26,27,28,29)/t16?,17?,18?,22-/m1/s1. The van der Waals surface area contributed by atoms with Gasteiger partial charge in [0.2, 0.25) is 11.8 Å². The van der Waals surface area contributed by atoms with Crippen LogP contribution >= 0.6 is 11.8 Å². The Bertz CT molecular complexity index is 1290. The van der Waals surface area contributed by atoms with Crippen molar-refractivity contribution in [1.82, 2.24) is 30.8 Å². The average molecular weight is 509 g/mol. The summed E-state index contributed by atoms with van der Waals surface area (Å²) in [5.74, 6) is -1.75. The highest BCUT2D eigenvalue weighted by Gasteiger charge is 2.63. The zero-order chi connectivity index (χ0) is 25.4. The van der Waals surface area contributed by atoms with Crippen LogP contribution in [0.25, 0.3) is 0 Å². The van der Waals surface area contributed by atoms with Gasteiger partial charge in [0.15, 0.2) is 11.7 Å². The molecule has 3 aromatic rings. The molecule has 0 saturated carbocycles. The molecule has 3 unspecified atom stereocenters. The molecule has 2 N–H and O–H groups in total. The predicted molar refractivity (Wildman–Crippen MR) is 129 cm³/mol. The van der Waals surface area contributed by atoms with Gasteiger partial charge in [-0.3, -0.25) is 14.4 Å². The highest BCUT2D eigenvalue weighted by atomic mass is 32.2. The molecule has 0 bridgehead atoms. The molecule has 2 saturated heterocycles. The van der Waals surface area contributed by atoms with Crippen LogP contribution in [-0.4, -0.2) is 66.6 Å². The maximum atomic E-state index is 13.5. The molecule has 2 aliphatic heterocycles. The van der Waals surface area contributed by atoms with Crippen molar-refractivity contribution in [3.63, 3.8) is 0 Å². The van der Waals surface area contributed by atoms with Crippen molar-refractivity contribution in [1.29, 1.82) is 0 Å². The fourth-order valence-electron chi connectivity index (χ4n) is 4.57. The first-order valence-electron chi connectivity index (χ1n) is 11.2. The molecule has 2 aromatic carbocycles. The van der Waals surface area contributed by atoms with Crippen molar-refractivity contribution in [2.75, 3.05) is 7.11 Å². The Morgan fingerprint density at radius 1 is 1.14 bits per heavy atom. The van der Waals surface area contributed by atoms with Gasteiger partial charge in [-0.15, -0.1) is 22.0 Å². The number of tetrazole rings is 1. The lowest BCUT2D eigenvalue weighted by Gasteiger charge is -2.44. The summed E-state index contributed by atoms with van der Waals surface area (Å²) in [5, 5.41) is 16.6. The zero-order valence-corrected chi connectivity index (χ0v) is 20.6. The highest BCUT2D eigenvalue weighted by molar-refractivity contribution is 8.01. The SMILES string of the molecule is COc1cccc(OC(=O)C(C(=O)NC2C(=O)N3C(c4nn[nH]n4)C(C)(C)S[C@H]23)c2ccccc2)c1. The van der Waals surface area contributed by atoms with Gasteiger partial charge in [0, 0.05) is 10.8 Å². The van der Waals surface area contributed by atoms with E-state index in [-0.39, 0.29) is 17.0 Å². The van der Waals surface area contributed by atoms with Crippen LogP contribution in [0, 0.1) is 0 Å². The van der Waals surface area contributed by atoms with Crippen LogP contribution in [0.5, 0.6) is 11.5 Å². The first kappa shape index (κ1) is 23.8. The minimum absolute atomic E-state index is 0.245. The summed E-state index contributed by atoms with van der Waals surface area (Å²) in [4.78, 5) is 41.5. The number of fused-ring (bicyclic) bond motifs is 1. The first-order valence-corrected chi connectivity index (χ1v) is 12.1. The lowest BCUT2D eigenvalue weighted by atomic mass is 9.94. The number of nitrogens with zero attached hydrogens (tertiary/aromatic N) is 4. The van der Waals surface area contributed by atoms with E-state index in [1.165, 1.54) is 18.9 Å². The van der Waals surface area contributed by atoms with Gasteiger partial charge >= 0.3 is 5.97 Å². The van der Waals surface area contributed by atoms with Crippen molar-refractivity contribution in [2.24, 2.45) is 0 Å². The summed E-state index contributed by atoms with van der Waals surface area (Å²) in [6.07, 6.45) is 0. The van der Waals surface area contributed by atoms with Gasteiger partial charge in [0.05, 0.1) is 7.11 Å². The van der Waals surface area contributed by atoms with E-state index in [4.69, 9.17) is 9.47 Å². The van der Waals surface area contributed by atoms with Crippen molar-refractivity contribution in [2.45, 2.75) is 42.0 Å². The van der Waals surface area contributed by atoms with Gasteiger partial charge in [-0.25, -0.2) is 0 Å². The van der Waals surface area contributed by atoms with Crippen LogP contribution in [0.15, 0.2) is 54.6 Å². The Labute approximate surface area is 210 Å². The lowest BCUT2D eigenvalue weighted by Crippen LogP contribution is -2.68. The summed E-state index contributed by atoms with van der Waals surface area (Å²) in [6.45, 7) is 3.98. The normalized spacial score (nSPS) is 22.8. The predicted octanol–water partition coefficient (Wildman–Crippen LogP) is 1.82. The fourth-order valence-corrected chi connectivity index (χ4v) is 6.20. The number of β-lactam (4-membered cyclic amide) rings is 1. The second kappa shape index (κ2) is 9.26. The van der Waals surface area contributed by atoms with Crippen LogP contribution in [0.3, 0.4) is 0 Å². The number of aromatic nitrogens is 4. The number of rotatable bonds is 7. The van der Waals surface area contributed by atoms with Gasteiger partial charge in [-0.2, -0.15) is 5.21 Å². The Morgan fingerprint density at radius 2 is 1.89 bits per heavy atom. The molecule has 11 nitrogen and oxygen atoms in total. The van der Waals surface area contributed by atoms with Crippen LogP contribution in [-0.2, 0) is 14.4 Å². The molecule has 5 rings (SSSR count). The maximum Gasteiger partial charge on any atom is 0.328 e. The van der Waals surface area contributed by atoms with E-state index in [1.54, 1.807) is 59.5 Å². The summed E-state index contributed by atoms with van der Waals surface area (Å²) in [6, 6.07) is 14.0. The molecular formula is C24H24N6O5S. The molecule has 2 amide bonds. The molecule has 0 radical (unpaired) electrons. The second-order valence-electron chi connectivity index (χ2n) is 8.96. The molecule has 4 atom stereocenters. The number of nitrogens with one attached hydrogen (secondary N) is 2. The number of H-pyrrole nitrogens is 1. The molecule has 1 aromatic heterocycles. The van der Waals surface area contributed by atoms with Crippen LogP contribution in [0.4, 0.5) is 0 Å². The van der Waals surface area contributed by atoms with E-state index < -0.39 is 34.6 Å². The minimum atomic E-state index is -1.27. The smallest absolute Gasteiger partial charge is 0.328 e. The zero-order valence-electron chi connectivity index (χ0n) is 19.7. The third-order valence-electron chi connectivity index (χ3n) is 6.24. The van der Waals surface area contributed by atoms with Gasteiger partial charge in [0.1, 0.15) is 29.0 Å².